The van der Waals surface area contributed by atoms with E-state index in [0.717, 1.165) is 18.6 Å². The van der Waals surface area contributed by atoms with Crippen LogP contribution in [-0.2, 0) is 11.2 Å². The number of rotatable bonds is 7. The van der Waals surface area contributed by atoms with E-state index in [1.54, 1.807) is 24.3 Å². The van der Waals surface area contributed by atoms with Gasteiger partial charge >= 0.3 is 6.36 Å². The topological polar surface area (TPSA) is 67.4 Å². The molecule has 2 amide bonds. The van der Waals surface area contributed by atoms with Gasteiger partial charge in [-0.1, -0.05) is 25.1 Å². The first-order valence-corrected chi connectivity index (χ1v) is 8.29. The Morgan fingerprint density at radius 3 is 2.41 bits per heavy atom. The second-order valence-electron chi connectivity index (χ2n) is 5.75. The Morgan fingerprint density at radius 1 is 1.07 bits per heavy atom. The number of ether oxygens (including phenoxy) is 1. The van der Waals surface area contributed by atoms with Gasteiger partial charge in [-0.25, -0.2) is 0 Å². The summed E-state index contributed by atoms with van der Waals surface area (Å²) >= 11 is 0. The SMILES string of the molecule is CCCNC(=O)c1cccc(NC(=O)Cc2ccc(OC(F)(F)F)cc2)c1. The van der Waals surface area contributed by atoms with Crippen LogP contribution >= 0.6 is 0 Å². The molecule has 2 rings (SSSR count). The van der Waals surface area contributed by atoms with E-state index in [-0.39, 0.29) is 24.0 Å². The Hall–Kier alpha value is -3.03. The summed E-state index contributed by atoms with van der Waals surface area (Å²) in [6.45, 7) is 2.50. The molecule has 0 aromatic heterocycles. The molecule has 8 heteroatoms. The molecule has 0 unspecified atom stereocenters. The lowest BCUT2D eigenvalue weighted by Gasteiger charge is -2.10. The van der Waals surface area contributed by atoms with Crippen LogP contribution in [0.2, 0.25) is 0 Å². The number of amides is 2. The molecule has 144 valence electrons. The zero-order valence-electron chi connectivity index (χ0n) is 14.6. The van der Waals surface area contributed by atoms with Gasteiger partial charge < -0.3 is 15.4 Å². The minimum Gasteiger partial charge on any atom is -0.406 e. The average Bonchev–Trinajstić information content (AvgIpc) is 2.60. The molecule has 2 N–H and O–H groups in total. The Bertz CT molecular complexity index is 790. The van der Waals surface area contributed by atoms with E-state index in [1.807, 2.05) is 6.92 Å². The van der Waals surface area contributed by atoms with Crippen LogP contribution in [0.3, 0.4) is 0 Å². The molecule has 5 nitrogen and oxygen atoms in total. The van der Waals surface area contributed by atoms with Crippen molar-refractivity contribution >= 4 is 17.5 Å². The monoisotopic (exact) mass is 380 g/mol. The van der Waals surface area contributed by atoms with Gasteiger partial charge in [-0.2, -0.15) is 0 Å². The largest absolute Gasteiger partial charge is 0.573 e. The molecule has 0 saturated carbocycles. The van der Waals surface area contributed by atoms with E-state index in [4.69, 9.17) is 0 Å². The molecule has 2 aromatic carbocycles. The van der Waals surface area contributed by atoms with Crippen molar-refractivity contribution in [2.45, 2.75) is 26.1 Å². The van der Waals surface area contributed by atoms with Crippen molar-refractivity contribution in [3.8, 4) is 5.75 Å². The normalized spacial score (nSPS) is 11.0. The van der Waals surface area contributed by atoms with E-state index in [9.17, 15) is 22.8 Å². The quantitative estimate of drug-likeness (QED) is 0.765. The van der Waals surface area contributed by atoms with Crippen LogP contribution in [0, 0.1) is 0 Å². The molecule has 0 spiro atoms. The smallest absolute Gasteiger partial charge is 0.406 e. The first kappa shape index (κ1) is 20.3. The lowest BCUT2D eigenvalue weighted by Crippen LogP contribution is -2.24. The molecule has 27 heavy (non-hydrogen) atoms. The van der Waals surface area contributed by atoms with Crippen LogP contribution in [0.1, 0.15) is 29.3 Å². The summed E-state index contributed by atoms with van der Waals surface area (Å²) in [5.74, 6) is -0.934. The molecule has 0 bridgehead atoms. The summed E-state index contributed by atoms with van der Waals surface area (Å²) in [7, 11) is 0. The van der Waals surface area contributed by atoms with Crippen molar-refractivity contribution in [2.24, 2.45) is 0 Å². The molecule has 0 saturated heterocycles. The highest BCUT2D eigenvalue weighted by Gasteiger charge is 2.30. The Kier molecular flexibility index (Phi) is 6.81. The van der Waals surface area contributed by atoms with E-state index >= 15 is 0 Å². The second kappa shape index (κ2) is 9.07. The molecule has 0 atom stereocenters. The van der Waals surface area contributed by atoms with E-state index < -0.39 is 6.36 Å². The minimum atomic E-state index is -4.76. The van der Waals surface area contributed by atoms with Gasteiger partial charge in [-0.15, -0.1) is 13.2 Å². The predicted octanol–water partition coefficient (Wildman–Crippen LogP) is 3.91. The van der Waals surface area contributed by atoms with Gasteiger partial charge in [0.25, 0.3) is 5.91 Å². The third kappa shape index (κ3) is 7.01. The molecule has 0 aliphatic rings. The van der Waals surface area contributed by atoms with Crippen LogP contribution in [0.15, 0.2) is 48.5 Å². The fraction of sp³-hybridized carbons (Fsp3) is 0.263. The molecule has 0 radical (unpaired) electrons. The summed E-state index contributed by atoms with van der Waals surface area (Å²) < 4.78 is 40.2. The molecular formula is C19H19F3N2O3. The van der Waals surface area contributed by atoms with Crippen molar-refractivity contribution in [3.05, 3.63) is 59.7 Å². The molecule has 0 heterocycles. The van der Waals surface area contributed by atoms with E-state index in [1.165, 1.54) is 12.1 Å². The number of hydrogen-bond acceptors (Lipinski definition) is 3. The van der Waals surface area contributed by atoms with Crippen molar-refractivity contribution < 1.29 is 27.5 Å². The van der Waals surface area contributed by atoms with Crippen LogP contribution < -0.4 is 15.4 Å². The van der Waals surface area contributed by atoms with Crippen LogP contribution in [-0.4, -0.2) is 24.7 Å². The number of benzene rings is 2. The zero-order chi connectivity index (χ0) is 19.9. The standard InChI is InChI=1S/C19H19F3N2O3/c1-2-10-23-18(26)14-4-3-5-15(12-14)24-17(25)11-13-6-8-16(9-7-13)27-19(20,21)22/h3-9,12H,2,10-11H2,1H3,(H,23,26)(H,24,25). The first-order valence-electron chi connectivity index (χ1n) is 8.29. The summed E-state index contributed by atoms with van der Waals surface area (Å²) in [6.07, 6.45) is -3.97. The highest BCUT2D eigenvalue weighted by Crippen LogP contribution is 2.23. The fourth-order valence-electron chi connectivity index (χ4n) is 2.28. The van der Waals surface area contributed by atoms with Gasteiger partial charge in [0.2, 0.25) is 5.91 Å². The van der Waals surface area contributed by atoms with Gasteiger partial charge in [0.05, 0.1) is 6.42 Å². The second-order valence-corrected chi connectivity index (χ2v) is 5.75. The van der Waals surface area contributed by atoms with Crippen molar-refractivity contribution in [1.82, 2.24) is 5.32 Å². The molecule has 2 aromatic rings. The summed E-state index contributed by atoms with van der Waals surface area (Å²) in [4.78, 5) is 24.1. The molecule has 0 aliphatic carbocycles. The van der Waals surface area contributed by atoms with Crippen LogP contribution in [0.4, 0.5) is 18.9 Å². The number of halogens is 3. The number of hydrogen-bond donors (Lipinski definition) is 2. The van der Waals surface area contributed by atoms with E-state index in [2.05, 4.69) is 15.4 Å². The third-order valence-corrected chi connectivity index (χ3v) is 3.47. The maximum absolute atomic E-state index is 12.1. The van der Waals surface area contributed by atoms with Crippen LogP contribution in [0.25, 0.3) is 0 Å². The summed E-state index contributed by atoms with van der Waals surface area (Å²) in [5, 5.41) is 5.41. The van der Waals surface area contributed by atoms with Crippen molar-refractivity contribution in [3.63, 3.8) is 0 Å². The lowest BCUT2D eigenvalue weighted by molar-refractivity contribution is -0.274. The molecular weight excluding hydrogens is 361 g/mol. The fourth-order valence-corrected chi connectivity index (χ4v) is 2.28. The molecule has 0 aliphatic heterocycles. The average molecular weight is 380 g/mol. The number of carbonyl (C=O) groups is 2. The minimum absolute atomic E-state index is 0.0292. The highest BCUT2D eigenvalue weighted by atomic mass is 19.4. The third-order valence-electron chi connectivity index (χ3n) is 3.47. The van der Waals surface area contributed by atoms with Gasteiger partial charge in [-0.05, 0) is 42.3 Å². The van der Waals surface area contributed by atoms with Gasteiger partial charge in [0, 0.05) is 17.8 Å². The number of anilines is 1. The summed E-state index contributed by atoms with van der Waals surface area (Å²) in [5.41, 5.74) is 1.41. The van der Waals surface area contributed by atoms with Crippen LogP contribution in [0.5, 0.6) is 5.75 Å². The maximum Gasteiger partial charge on any atom is 0.573 e. The predicted molar refractivity (Wildman–Crippen MR) is 94.5 cm³/mol. The lowest BCUT2D eigenvalue weighted by atomic mass is 10.1. The van der Waals surface area contributed by atoms with Gasteiger partial charge in [0.15, 0.2) is 0 Å². The Labute approximate surface area is 154 Å². The number of alkyl halides is 3. The number of nitrogens with one attached hydrogen (secondary N) is 2. The van der Waals surface area contributed by atoms with Gasteiger partial charge in [-0.3, -0.25) is 9.59 Å². The Morgan fingerprint density at radius 2 is 1.78 bits per heavy atom. The maximum atomic E-state index is 12.1. The zero-order valence-corrected chi connectivity index (χ0v) is 14.6. The summed E-state index contributed by atoms with van der Waals surface area (Å²) in [6, 6.07) is 11.6. The molecule has 0 fully saturated rings. The Balaban J connectivity index is 1.94. The van der Waals surface area contributed by atoms with E-state index in [0.29, 0.717) is 23.4 Å². The highest BCUT2D eigenvalue weighted by molar-refractivity contribution is 5.97. The first-order chi connectivity index (χ1) is 12.8. The van der Waals surface area contributed by atoms with Crippen molar-refractivity contribution in [2.75, 3.05) is 11.9 Å². The van der Waals surface area contributed by atoms with Crippen molar-refractivity contribution in [1.29, 1.82) is 0 Å². The number of carbonyl (C=O) groups excluding carboxylic acids is 2. The van der Waals surface area contributed by atoms with Gasteiger partial charge in [0.1, 0.15) is 5.75 Å².